The van der Waals surface area contributed by atoms with Crippen molar-refractivity contribution in [1.82, 2.24) is 4.98 Å². The Labute approximate surface area is 126 Å². The molecule has 4 heteroatoms. The van der Waals surface area contributed by atoms with E-state index in [0.29, 0.717) is 11.8 Å². The number of nitrogens with zero attached hydrogens (tertiary/aromatic N) is 1. The fourth-order valence-corrected chi connectivity index (χ4v) is 2.10. The molecule has 0 fully saturated rings. The van der Waals surface area contributed by atoms with Gasteiger partial charge in [0.25, 0.3) is 0 Å². The van der Waals surface area contributed by atoms with E-state index in [-0.39, 0.29) is 0 Å². The average molecular weight is 284 g/mol. The smallest absolute Gasteiger partial charge is 0.125 e. The number of hydrogen-bond acceptors (Lipinski definition) is 4. The zero-order valence-corrected chi connectivity index (χ0v) is 12.7. The Balaban J connectivity index is 1.85. The normalized spacial score (nSPS) is 12.1. The van der Waals surface area contributed by atoms with Crippen LogP contribution in [0.2, 0.25) is 0 Å². The van der Waals surface area contributed by atoms with Crippen molar-refractivity contribution in [2.24, 2.45) is 11.8 Å². The Morgan fingerprint density at radius 1 is 1.00 bits per heavy atom. The zero-order valence-electron chi connectivity index (χ0n) is 12.7. The van der Waals surface area contributed by atoms with Gasteiger partial charge >= 0.3 is 0 Å². The molecule has 4 N–H and O–H groups in total. The van der Waals surface area contributed by atoms with E-state index < -0.39 is 0 Å². The van der Waals surface area contributed by atoms with Crippen LogP contribution < -0.4 is 16.4 Å². The summed E-state index contributed by atoms with van der Waals surface area (Å²) >= 11 is 0. The van der Waals surface area contributed by atoms with Crippen LogP contribution in [0.4, 0.5) is 17.2 Å². The predicted octanol–water partition coefficient (Wildman–Crippen LogP) is 3.46. The first-order valence-corrected chi connectivity index (χ1v) is 7.39. The Morgan fingerprint density at radius 3 is 2.33 bits per heavy atom. The SMILES string of the molecule is CC(C)C(CNc1ccc(N)cc1)CNc1ccccn1. The molecule has 0 saturated heterocycles. The monoisotopic (exact) mass is 284 g/mol. The van der Waals surface area contributed by atoms with Crippen LogP contribution in [0.3, 0.4) is 0 Å². The Bertz CT molecular complexity index is 522. The summed E-state index contributed by atoms with van der Waals surface area (Å²) in [6, 6.07) is 13.8. The van der Waals surface area contributed by atoms with Gasteiger partial charge < -0.3 is 16.4 Å². The first kappa shape index (κ1) is 15.2. The van der Waals surface area contributed by atoms with E-state index in [2.05, 4.69) is 29.5 Å². The summed E-state index contributed by atoms with van der Waals surface area (Å²) in [6.45, 7) is 6.31. The highest BCUT2D eigenvalue weighted by molar-refractivity contribution is 5.51. The van der Waals surface area contributed by atoms with Crippen LogP contribution in [-0.2, 0) is 0 Å². The maximum absolute atomic E-state index is 5.70. The van der Waals surface area contributed by atoms with Gasteiger partial charge in [-0.1, -0.05) is 19.9 Å². The first-order valence-electron chi connectivity index (χ1n) is 7.39. The maximum atomic E-state index is 5.70. The van der Waals surface area contributed by atoms with Crippen molar-refractivity contribution in [2.75, 3.05) is 29.5 Å². The third kappa shape index (κ3) is 4.99. The molecular weight excluding hydrogens is 260 g/mol. The van der Waals surface area contributed by atoms with Gasteiger partial charge in [0, 0.05) is 30.7 Å². The summed E-state index contributed by atoms with van der Waals surface area (Å²) < 4.78 is 0. The molecule has 1 atom stereocenters. The lowest BCUT2D eigenvalue weighted by atomic mass is 9.95. The number of pyridine rings is 1. The lowest BCUT2D eigenvalue weighted by Crippen LogP contribution is -2.27. The predicted molar refractivity (Wildman–Crippen MR) is 90.4 cm³/mol. The lowest BCUT2D eigenvalue weighted by molar-refractivity contribution is 0.423. The lowest BCUT2D eigenvalue weighted by Gasteiger charge is -2.22. The Morgan fingerprint density at radius 2 is 1.71 bits per heavy atom. The summed E-state index contributed by atoms with van der Waals surface area (Å²) in [6.07, 6.45) is 1.80. The minimum Gasteiger partial charge on any atom is -0.399 e. The Hall–Kier alpha value is -2.23. The van der Waals surface area contributed by atoms with Gasteiger partial charge in [0.2, 0.25) is 0 Å². The fourth-order valence-electron chi connectivity index (χ4n) is 2.10. The minimum atomic E-state index is 0.518. The molecule has 0 aliphatic rings. The molecule has 1 aromatic carbocycles. The zero-order chi connectivity index (χ0) is 15.1. The van der Waals surface area contributed by atoms with E-state index in [9.17, 15) is 0 Å². The largest absolute Gasteiger partial charge is 0.399 e. The third-order valence-electron chi connectivity index (χ3n) is 3.63. The van der Waals surface area contributed by atoms with Gasteiger partial charge in [0.1, 0.15) is 5.82 Å². The molecule has 0 spiro atoms. The summed E-state index contributed by atoms with van der Waals surface area (Å²) in [5.74, 6) is 2.03. The van der Waals surface area contributed by atoms with Crippen LogP contribution in [-0.4, -0.2) is 18.1 Å². The van der Waals surface area contributed by atoms with E-state index in [4.69, 9.17) is 5.73 Å². The second-order valence-electron chi connectivity index (χ2n) is 5.60. The van der Waals surface area contributed by atoms with Gasteiger partial charge in [0.05, 0.1) is 0 Å². The van der Waals surface area contributed by atoms with Crippen LogP contribution in [0, 0.1) is 11.8 Å². The molecular formula is C17H24N4. The third-order valence-corrected chi connectivity index (χ3v) is 3.63. The Kier molecular flexibility index (Phi) is 5.43. The van der Waals surface area contributed by atoms with Crippen LogP contribution in [0.15, 0.2) is 48.7 Å². The van der Waals surface area contributed by atoms with E-state index in [0.717, 1.165) is 30.3 Å². The van der Waals surface area contributed by atoms with E-state index in [1.807, 2.05) is 42.5 Å². The van der Waals surface area contributed by atoms with E-state index in [1.165, 1.54) is 0 Å². The van der Waals surface area contributed by atoms with Crippen molar-refractivity contribution in [2.45, 2.75) is 13.8 Å². The second kappa shape index (κ2) is 7.53. The molecule has 4 nitrogen and oxygen atoms in total. The molecule has 0 radical (unpaired) electrons. The average Bonchev–Trinajstić information content (AvgIpc) is 2.49. The van der Waals surface area contributed by atoms with Crippen LogP contribution in [0.5, 0.6) is 0 Å². The van der Waals surface area contributed by atoms with Gasteiger partial charge in [-0.3, -0.25) is 0 Å². The number of anilines is 3. The summed E-state index contributed by atoms with van der Waals surface area (Å²) in [5.41, 5.74) is 7.59. The van der Waals surface area contributed by atoms with Gasteiger partial charge in [-0.15, -0.1) is 0 Å². The fraction of sp³-hybridized carbons (Fsp3) is 0.353. The minimum absolute atomic E-state index is 0.518. The van der Waals surface area contributed by atoms with Crippen LogP contribution in [0.1, 0.15) is 13.8 Å². The molecule has 112 valence electrons. The molecule has 1 unspecified atom stereocenters. The summed E-state index contributed by atoms with van der Waals surface area (Å²) in [7, 11) is 0. The molecule has 1 heterocycles. The number of nitrogen functional groups attached to an aromatic ring is 1. The second-order valence-corrected chi connectivity index (χ2v) is 5.60. The number of benzene rings is 1. The number of nitrogens with two attached hydrogens (primary N) is 1. The molecule has 2 rings (SSSR count). The molecule has 21 heavy (non-hydrogen) atoms. The number of aromatic nitrogens is 1. The van der Waals surface area contributed by atoms with Crippen LogP contribution >= 0.6 is 0 Å². The van der Waals surface area contributed by atoms with Crippen molar-refractivity contribution in [1.29, 1.82) is 0 Å². The molecule has 0 bridgehead atoms. The van der Waals surface area contributed by atoms with Gasteiger partial charge in [-0.2, -0.15) is 0 Å². The van der Waals surface area contributed by atoms with Gasteiger partial charge in [0.15, 0.2) is 0 Å². The summed E-state index contributed by atoms with van der Waals surface area (Å²) in [4.78, 5) is 4.29. The number of nitrogens with one attached hydrogen (secondary N) is 2. The van der Waals surface area contributed by atoms with E-state index >= 15 is 0 Å². The molecule has 2 aromatic rings. The topological polar surface area (TPSA) is 63.0 Å². The first-order chi connectivity index (χ1) is 10.1. The van der Waals surface area contributed by atoms with Crippen molar-refractivity contribution in [3.63, 3.8) is 0 Å². The van der Waals surface area contributed by atoms with Gasteiger partial charge in [-0.05, 0) is 48.2 Å². The highest BCUT2D eigenvalue weighted by Crippen LogP contribution is 2.15. The van der Waals surface area contributed by atoms with Gasteiger partial charge in [-0.25, -0.2) is 4.98 Å². The highest BCUT2D eigenvalue weighted by atomic mass is 15.0. The molecule has 0 aliphatic carbocycles. The molecule has 1 aromatic heterocycles. The highest BCUT2D eigenvalue weighted by Gasteiger charge is 2.13. The molecule has 0 saturated carbocycles. The van der Waals surface area contributed by atoms with E-state index in [1.54, 1.807) is 6.20 Å². The number of rotatable bonds is 7. The quantitative estimate of drug-likeness (QED) is 0.681. The molecule has 0 amide bonds. The van der Waals surface area contributed by atoms with Crippen molar-refractivity contribution in [3.05, 3.63) is 48.7 Å². The van der Waals surface area contributed by atoms with Crippen molar-refractivity contribution < 1.29 is 0 Å². The maximum Gasteiger partial charge on any atom is 0.125 e. The standard InChI is InChI=1S/C17H24N4/c1-13(2)14(12-21-17-5-3-4-10-19-17)11-20-16-8-6-15(18)7-9-16/h3-10,13-14,20H,11-12,18H2,1-2H3,(H,19,21). The number of hydrogen-bond donors (Lipinski definition) is 3. The van der Waals surface area contributed by atoms with Crippen molar-refractivity contribution >= 4 is 17.2 Å². The van der Waals surface area contributed by atoms with Crippen molar-refractivity contribution in [3.8, 4) is 0 Å². The summed E-state index contributed by atoms with van der Waals surface area (Å²) in [5, 5.41) is 6.87. The van der Waals surface area contributed by atoms with Crippen LogP contribution in [0.25, 0.3) is 0 Å². The molecule has 0 aliphatic heterocycles.